The third-order valence-electron chi connectivity index (χ3n) is 5.06. The highest BCUT2D eigenvalue weighted by atomic mass is 16.3. The number of aromatic nitrogens is 3. The standard InChI is InChI=1S/C21H30N6O/c1-6-16(21(4,5)28)25-20-26-17-15(13(2)3)12-23-18(17)19(27-20)24-11-14-8-7-9-22-10-14/h7-10,12-13,15-16,28H,6,11H2,1-5H3,(H2,24,25,26,27)/t15?,16-/m1/s1. The smallest absolute Gasteiger partial charge is 0.225 e. The Balaban J connectivity index is 1.92. The van der Waals surface area contributed by atoms with E-state index in [1.807, 2.05) is 31.5 Å². The number of hydrogen-bond acceptors (Lipinski definition) is 7. The highest BCUT2D eigenvalue weighted by Gasteiger charge is 2.30. The van der Waals surface area contributed by atoms with Gasteiger partial charge in [-0.1, -0.05) is 26.8 Å². The van der Waals surface area contributed by atoms with Gasteiger partial charge in [-0.05, 0) is 37.8 Å². The van der Waals surface area contributed by atoms with Gasteiger partial charge in [0.1, 0.15) is 5.69 Å². The summed E-state index contributed by atoms with van der Waals surface area (Å²) in [6, 6.07) is 3.77. The van der Waals surface area contributed by atoms with Crippen LogP contribution in [-0.4, -0.2) is 37.9 Å². The number of nitrogens with one attached hydrogen (secondary N) is 2. The number of aliphatic hydroxyl groups is 1. The molecule has 0 spiro atoms. The van der Waals surface area contributed by atoms with Crippen molar-refractivity contribution in [3.05, 3.63) is 35.8 Å². The van der Waals surface area contributed by atoms with Gasteiger partial charge in [0.2, 0.25) is 5.95 Å². The van der Waals surface area contributed by atoms with Gasteiger partial charge in [0.25, 0.3) is 0 Å². The van der Waals surface area contributed by atoms with Gasteiger partial charge >= 0.3 is 0 Å². The maximum Gasteiger partial charge on any atom is 0.225 e. The van der Waals surface area contributed by atoms with E-state index < -0.39 is 5.60 Å². The molecule has 1 aliphatic rings. The number of rotatable bonds is 8. The molecule has 28 heavy (non-hydrogen) atoms. The second kappa shape index (κ2) is 8.22. The van der Waals surface area contributed by atoms with E-state index in [9.17, 15) is 5.11 Å². The fraction of sp³-hybridized carbons (Fsp3) is 0.524. The Morgan fingerprint density at radius 1 is 1.25 bits per heavy atom. The van der Waals surface area contributed by atoms with E-state index in [2.05, 4.69) is 39.4 Å². The van der Waals surface area contributed by atoms with Crippen LogP contribution in [0, 0.1) is 5.92 Å². The second-order valence-corrected chi connectivity index (χ2v) is 8.15. The molecule has 7 heteroatoms. The number of aliphatic imine (C=N–C) groups is 1. The zero-order chi connectivity index (χ0) is 20.3. The Labute approximate surface area is 166 Å². The Morgan fingerprint density at radius 2 is 2.04 bits per heavy atom. The molecule has 2 aromatic heterocycles. The molecule has 0 aliphatic carbocycles. The molecular weight excluding hydrogens is 352 g/mol. The SMILES string of the molecule is CC[C@@H](Nc1nc(NCc2cccnc2)c2c(n1)C(C(C)C)C=N2)C(C)(C)O. The van der Waals surface area contributed by atoms with Crippen molar-refractivity contribution in [2.24, 2.45) is 10.9 Å². The summed E-state index contributed by atoms with van der Waals surface area (Å²) in [7, 11) is 0. The van der Waals surface area contributed by atoms with Crippen molar-refractivity contribution < 1.29 is 5.11 Å². The first-order chi connectivity index (χ1) is 13.3. The molecule has 1 unspecified atom stereocenters. The minimum atomic E-state index is -0.881. The Hall–Kier alpha value is -2.54. The maximum atomic E-state index is 10.4. The second-order valence-electron chi connectivity index (χ2n) is 8.15. The van der Waals surface area contributed by atoms with Gasteiger partial charge in [0.05, 0.1) is 17.3 Å². The van der Waals surface area contributed by atoms with Crippen molar-refractivity contribution in [3.63, 3.8) is 0 Å². The van der Waals surface area contributed by atoms with Crippen LogP contribution < -0.4 is 10.6 Å². The fourth-order valence-electron chi connectivity index (χ4n) is 3.36. The molecule has 0 bridgehead atoms. The average Bonchev–Trinajstić information content (AvgIpc) is 3.08. The number of hydrogen-bond donors (Lipinski definition) is 3. The van der Waals surface area contributed by atoms with Crippen LogP contribution in [0.4, 0.5) is 17.5 Å². The normalized spacial score (nSPS) is 16.9. The zero-order valence-corrected chi connectivity index (χ0v) is 17.3. The molecule has 0 radical (unpaired) electrons. The van der Waals surface area contributed by atoms with E-state index in [1.165, 1.54) is 0 Å². The van der Waals surface area contributed by atoms with Crippen LogP contribution in [0.25, 0.3) is 0 Å². The lowest BCUT2D eigenvalue weighted by Crippen LogP contribution is -2.41. The lowest BCUT2D eigenvalue weighted by molar-refractivity contribution is 0.0577. The Kier molecular flexibility index (Phi) is 5.93. The van der Waals surface area contributed by atoms with Crippen LogP contribution in [0.1, 0.15) is 58.2 Å². The third-order valence-corrected chi connectivity index (χ3v) is 5.06. The molecule has 2 atom stereocenters. The van der Waals surface area contributed by atoms with Gasteiger partial charge in [0.15, 0.2) is 5.82 Å². The Morgan fingerprint density at radius 3 is 2.64 bits per heavy atom. The van der Waals surface area contributed by atoms with Gasteiger partial charge in [-0.3, -0.25) is 9.98 Å². The molecule has 1 aliphatic heterocycles. The zero-order valence-electron chi connectivity index (χ0n) is 17.3. The van der Waals surface area contributed by atoms with Gasteiger partial charge in [-0.25, -0.2) is 4.98 Å². The predicted molar refractivity (Wildman–Crippen MR) is 113 cm³/mol. The molecule has 3 N–H and O–H groups in total. The molecule has 0 aromatic carbocycles. The lowest BCUT2D eigenvalue weighted by atomic mass is 9.94. The fourth-order valence-corrected chi connectivity index (χ4v) is 3.36. The first-order valence-corrected chi connectivity index (χ1v) is 9.87. The molecule has 150 valence electrons. The quantitative estimate of drug-likeness (QED) is 0.641. The topological polar surface area (TPSA) is 95.3 Å². The molecule has 0 amide bonds. The van der Waals surface area contributed by atoms with Crippen molar-refractivity contribution in [1.82, 2.24) is 15.0 Å². The van der Waals surface area contributed by atoms with Crippen molar-refractivity contribution in [1.29, 1.82) is 0 Å². The van der Waals surface area contributed by atoms with Crippen LogP contribution in [-0.2, 0) is 6.54 Å². The van der Waals surface area contributed by atoms with Crippen molar-refractivity contribution in [3.8, 4) is 0 Å². The van der Waals surface area contributed by atoms with Crippen LogP contribution >= 0.6 is 0 Å². The van der Waals surface area contributed by atoms with Crippen LogP contribution in [0.5, 0.6) is 0 Å². The van der Waals surface area contributed by atoms with E-state index in [4.69, 9.17) is 4.98 Å². The highest BCUT2D eigenvalue weighted by molar-refractivity contribution is 5.85. The Bertz CT molecular complexity index is 829. The first-order valence-electron chi connectivity index (χ1n) is 9.87. The monoisotopic (exact) mass is 382 g/mol. The molecule has 3 rings (SSSR count). The van der Waals surface area contributed by atoms with Crippen LogP contribution in [0.2, 0.25) is 0 Å². The van der Waals surface area contributed by atoms with Crippen molar-refractivity contribution >= 4 is 23.7 Å². The summed E-state index contributed by atoms with van der Waals surface area (Å²) in [5.41, 5.74) is 1.90. The molecule has 7 nitrogen and oxygen atoms in total. The maximum absolute atomic E-state index is 10.4. The lowest BCUT2D eigenvalue weighted by Gasteiger charge is -2.29. The molecule has 0 saturated carbocycles. The number of pyridine rings is 1. The summed E-state index contributed by atoms with van der Waals surface area (Å²) >= 11 is 0. The van der Waals surface area contributed by atoms with Gasteiger partial charge in [-0.15, -0.1) is 0 Å². The summed E-state index contributed by atoms with van der Waals surface area (Å²) in [5.74, 6) is 1.74. The summed E-state index contributed by atoms with van der Waals surface area (Å²) in [6.07, 6.45) is 6.30. The van der Waals surface area contributed by atoms with Crippen LogP contribution in [0.3, 0.4) is 0 Å². The predicted octanol–water partition coefficient (Wildman–Crippen LogP) is 3.90. The van der Waals surface area contributed by atoms with Crippen LogP contribution in [0.15, 0.2) is 29.5 Å². The number of nitrogens with zero attached hydrogens (tertiary/aromatic N) is 4. The van der Waals surface area contributed by atoms with E-state index in [0.717, 1.165) is 23.4 Å². The molecular formula is C21H30N6O. The largest absolute Gasteiger partial charge is 0.388 e. The van der Waals surface area contributed by atoms with E-state index in [-0.39, 0.29) is 12.0 Å². The number of anilines is 2. The van der Waals surface area contributed by atoms with Gasteiger partial charge < -0.3 is 15.7 Å². The van der Waals surface area contributed by atoms with E-state index in [0.29, 0.717) is 24.2 Å². The van der Waals surface area contributed by atoms with Gasteiger partial charge in [0, 0.05) is 31.1 Å². The highest BCUT2D eigenvalue weighted by Crippen LogP contribution is 2.40. The molecule has 0 saturated heterocycles. The van der Waals surface area contributed by atoms with Crippen molar-refractivity contribution in [2.45, 2.75) is 65.1 Å². The summed E-state index contributed by atoms with van der Waals surface area (Å²) in [5, 5.41) is 17.1. The molecule has 3 heterocycles. The summed E-state index contributed by atoms with van der Waals surface area (Å²) < 4.78 is 0. The third kappa shape index (κ3) is 4.47. The minimum absolute atomic E-state index is 0.153. The minimum Gasteiger partial charge on any atom is -0.388 e. The van der Waals surface area contributed by atoms with E-state index >= 15 is 0 Å². The van der Waals surface area contributed by atoms with Crippen molar-refractivity contribution in [2.75, 3.05) is 10.6 Å². The average molecular weight is 383 g/mol. The molecule has 0 fully saturated rings. The summed E-state index contributed by atoms with van der Waals surface area (Å²) in [4.78, 5) is 18.2. The van der Waals surface area contributed by atoms with E-state index in [1.54, 1.807) is 20.0 Å². The molecule has 2 aromatic rings. The number of fused-ring (bicyclic) bond motifs is 1. The van der Waals surface area contributed by atoms with Gasteiger partial charge in [-0.2, -0.15) is 4.98 Å². The summed E-state index contributed by atoms with van der Waals surface area (Å²) in [6.45, 7) is 10.5. The first kappa shape index (κ1) is 20.2.